The number of esters is 1. The van der Waals surface area contributed by atoms with Crippen LogP contribution in [0.5, 0.6) is 5.75 Å². The largest absolute Gasteiger partial charge is 0.497 e. The van der Waals surface area contributed by atoms with E-state index in [1.165, 1.54) is 70.6 Å². The van der Waals surface area contributed by atoms with Gasteiger partial charge in [0.15, 0.2) is 0 Å². The normalized spacial score (nSPS) is 11.7. The molecule has 0 aliphatic heterocycles. The van der Waals surface area contributed by atoms with E-state index >= 15 is 0 Å². The molecule has 1 rings (SSSR count). The van der Waals surface area contributed by atoms with Gasteiger partial charge in [0.2, 0.25) is 0 Å². The zero-order chi connectivity index (χ0) is 22.7. The summed E-state index contributed by atoms with van der Waals surface area (Å²) in [6.45, 7) is 4.32. The fraction of sp³-hybridized carbons (Fsp3) is 0.692. The molecule has 176 valence electrons. The molecular formula is C26H43NO4. The lowest BCUT2D eigenvalue weighted by Crippen LogP contribution is -2.39. The molecule has 1 atom stereocenters. The average Bonchev–Trinajstić information content (AvgIpc) is 2.79. The number of amides is 1. The van der Waals surface area contributed by atoms with Crippen molar-refractivity contribution in [3.8, 4) is 5.75 Å². The zero-order valence-corrected chi connectivity index (χ0v) is 19.9. The number of benzene rings is 1. The van der Waals surface area contributed by atoms with Crippen LogP contribution in [-0.4, -0.2) is 31.6 Å². The summed E-state index contributed by atoms with van der Waals surface area (Å²) in [4.78, 5) is 24.3. The van der Waals surface area contributed by atoms with Crippen molar-refractivity contribution in [2.75, 3.05) is 13.7 Å². The number of unbranched alkanes of at least 4 members (excludes halogenated alkanes) is 12. The van der Waals surface area contributed by atoms with Gasteiger partial charge in [-0.3, -0.25) is 4.79 Å². The summed E-state index contributed by atoms with van der Waals surface area (Å²) in [7, 11) is 1.57. The van der Waals surface area contributed by atoms with Crippen molar-refractivity contribution in [3.63, 3.8) is 0 Å². The molecule has 0 heterocycles. The Morgan fingerprint density at radius 3 is 1.77 bits per heavy atom. The summed E-state index contributed by atoms with van der Waals surface area (Å²) in [5.74, 6) is -0.00401. The highest BCUT2D eigenvalue weighted by molar-refractivity contribution is 5.96. The number of hydrogen-bond donors (Lipinski definition) is 1. The van der Waals surface area contributed by atoms with Crippen LogP contribution in [0.4, 0.5) is 0 Å². The van der Waals surface area contributed by atoms with E-state index in [0.29, 0.717) is 17.9 Å². The Bertz CT molecular complexity index is 600. The quantitative estimate of drug-likeness (QED) is 0.213. The number of carbonyl (C=O) groups excluding carboxylic acids is 2. The number of carbonyl (C=O) groups is 2. The lowest BCUT2D eigenvalue weighted by molar-refractivity contribution is -0.145. The van der Waals surface area contributed by atoms with Crippen molar-refractivity contribution >= 4 is 11.9 Å². The molecule has 1 amide bonds. The van der Waals surface area contributed by atoms with E-state index in [4.69, 9.17) is 9.47 Å². The third-order valence-electron chi connectivity index (χ3n) is 5.55. The predicted molar refractivity (Wildman–Crippen MR) is 127 cm³/mol. The van der Waals surface area contributed by atoms with E-state index in [2.05, 4.69) is 12.2 Å². The van der Waals surface area contributed by atoms with Crippen LogP contribution >= 0.6 is 0 Å². The molecule has 0 fully saturated rings. The molecule has 1 aromatic carbocycles. The van der Waals surface area contributed by atoms with Crippen LogP contribution in [-0.2, 0) is 9.53 Å². The second-order valence-electron chi connectivity index (χ2n) is 8.33. The molecule has 0 aromatic heterocycles. The first kappa shape index (κ1) is 27.0. The third kappa shape index (κ3) is 13.1. The molecule has 0 saturated carbocycles. The van der Waals surface area contributed by atoms with Gasteiger partial charge < -0.3 is 14.8 Å². The van der Waals surface area contributed by atoms with Gasteiger partial charge in [0.25, 0.3) is 5.91 Å². The summed E-state index contributed by atoms with van der Waals surface area (Å²) >= 11 is 0. The fourth-order valence-electron chi connectivity index (χ4n) is 3.50. The van der Waals surface area contributed by atoms with Crippen molar-refractivity contribution in [1.29, 1.82) is 0 Å². The molecular weight excluding hydrogens is 390 g/mol. The molecule has 0 saturated heterocycles. The minimum absolute atomic E-state index is 0.298. The minimum atomic E-state index is -0.670. The van der Waals surface area contributed by atoms with Crippen LogP contribution in [0.15, 0.2) is 24.3 Å². The molecule has 1 N–H and O–H groups in total. The summed E-state index contributed by atoms with van der Waals surface area (Å²) in [6.07, 6.45) is 16.7. The highest BCUT2D eigenvalue weighted by Gasteiger charge is 2.17. The first-order valence-electron chi connectivity index (χ1n) is 12.2. The molecule has 1 unspecified atom stereocenters. The average molecular weight is 434 g/mol. The SMILES string of the molecule is CCCCCCCCCCCCCCCOC(=O)C(C)NC(=O)c1ccc(OC)cc1. The third-order valence-corrected chi connectivity index (χ3v) is 5.55. The van der Waals surface area contributed by atoms with E-state index in [1.54, 1.807) is 38.3 Å². The molecule has 5 nitrogen and oxygen atoms in total. The van der Waals surface area contributed by atoms with Gasteiger partial charge in [0, 0.05) is 5.56 Å². The lowest BCUT2D eigenvalue weighted by Gasteiger charge is -2.13. The Hall–Kier alpha value is -2.04. The van der Waals surface area contributed by atoms with Gasteiger partial charge in [0.1, 0.15) is 11.8 Å². The topological polar surface area (TPSA) is 64.6 Å². The van der Waals surface area contributed by atoms with Crippen LogP contribution in [0.25, 0.3) is 0 Å². The predicted octanol–water partition coefficient (Wildman–Crippen LogP) is 6.45. The Morgan fingerprint density at radius 2 is 1.29 bits per heavy atom. The zero-order valence-electron chi connectivity index (χ0n) is 19.9. The molecule has 0 aliphatic rings. The number of hydrogen-bond acceptors (Lipinski definition) is 4. The van der Waals surface area contributed by atoms with Crippen LogP contribution in [0, 0.1) is 0 Å². The summed E-state index contributed by atoms with van der Waals surface area (Å²) in [5.41, 5.74) is 0.483. The standard InChI is InChI=1S/C26H43NO4/c1-4-5-6-7-8-9-10-11-12-13-14-15-16-21-31-26(29)22(2)27-25(28)23-17-19-24(30-3)20-18-23/h17-20,22H,4-16,21H2,1-3H3,(H,27,28). The van der Waals surface area contributed by atoms with E-state index < -0.39 is 6.04 Å². The molecule has 0 aliphatic carbocycles. The molecule has 0 spiro atoms. The van der Waals surface area contributed by atoms with Crippen LogP contribution in [0.3, 0.4) is 0 Å². The number of rotatable bonds is 18. The van der Waals surface area contributed by atoms with Crippen molar-refractivity contribution in [1.82, 2.24) is 5.32 Å². The monoisotopic (exact) mass is 433 g/mol. The van der Waals surface area contributed by atoms with E-state index in [0.717, 1.165) is 12.8 Å². The molecule has 31 heavy (non-hydrogen) atoms. The maximum Gasteiger partial charge on any atom is 0.328 e. The molecule has 1 aromatic rings. The smallest absolute Gasteiger partial charge is 0.328 e. The van der Waals surface area contributed by atoms with Crippen LogP contribution < -0.4 is 10.1 Å². The second kappa shape index (κ2) is 17.6. The van der Waals surface area contributed by atoms with Crippen LogP contribution in [0.2, 0.25) is 0 Å². The number of nitrogens with one attached hydrogen (secondary N) is 1. The molecule has 0 radical (unpaired) electrons. The fourth-order valence-corrected chi connectivity index (χ4v) is 3.50. The first-order valence-corrected chi connectivity index (χ1v) is 12.2. The summed E-state index contributed by atoms with van der Waals surface area (Å²) < 4.78 is 10.4. The Labute approximate surface area is 189 Å². The maximum atomic E-state index is 12.2. The van der Waals surface area contributed by atoms with Gasteiger partial charge in [-0.05, 0) is 37.6 Å². The second-order valence-corrected chi connectivity index (χ2v) is 8.33. The Balaban J connectivity index is 1.99. The number of methoxy groups -OCH3 is 1. The highest BCUT2D eigenvalue weighted by atomic mass is 16.5. The minimum Gasteiger partial charge on any atom is -0.497 e. The van der Waals surface area contributed by atoms with Gasteiger partial charge >= 0.3 is 5.97 Å². The van der Waals surface area contributed by atoms with Gasteiger partial charge in [0.05, 0.1) is 13.7 Å². The summed E-state index contributed by atoms with van der Waals surface area (Å²) in [5, 5.41) is 2.68. The van der Waals surface area contributed by atoms with Crippen molar-refractivity contribution in [2.45, 2.75) is 103 Å². The van der Waals surface area contributed by atoms with Crippen LogP contribution in [0.1, 0.15) is 108 Å². The van der Waals surface area contributed by atoms with Gasteiger partial charge in [-0.25, -0.2) is 4.79 Å². The lowest BCUT2D eigenvalue weighted by atomic mass is 10.0. The first-order chi connectivity index (χ1) is 15.1. The van der Waals surface area contributed by atoms with E-state index in [1.807, 2.05) is 0 Å². The van der Waals surface area contributed by atoms with E-state index in [-0.39, 0.29) is 11.9 Å². The Morgan fingerprint density at radius 1 is 0.806 bits per heavy atom. The highest BCUT2D eigenvalue weighted by Crippen LogP contribution is 2.13. The summed E-state index contributed by atoms with van der Waals surface area (Å²) in [6, 6.07) is 6.09. The van der Waals surface area contributed by atoms with Gasteiger partial charge in [-0.15, -0.1) is 0 Å². The molecule has 0 bridgehead atoms. The van der Waals surface area contributed by atoms with Crippen molar-refractivity contribution in [3.05, 3.63) is 29.8 Å². The van der Waals surface area contributed by atoms with Gasteiger partial charge in [-0.1, -0.05) is 84.0 Å². The maximum absolute atomic E-state index is 12.2. The number of ether oxygens (including phenoxy) is 2. The Kier molecular flexibility index (Phi) is 15.3. The van der Waals surface area contributed by atoms with Crippen molar-refractivity contribution in [2.24, 2.45) is 0 Å². The van der Waals surface area contributed by atoms with Crippen molar-refractivity contribution < 1.29 is 19.1 Å². The van der Waals surface area contributed by atoms with Gasteiger partial charge in [-0.2, -0.15) is 0 Å². The van der Waals surface area contributed by atoms with E-state index in [9.17, 15) is 9.59 Å². The molecule has 5 heteroatoms.